The number of hydrogen-bond acceptors (Lipinski definition) is 6. The Balaban J connectivity index is 1.63. The maximum atomic E-state index is 12.5. The second-order valence-electron chi connectivity index (χ2n) is 5.67. The van der Waals surface area contributed by atoms with Crippen molar-refractivity contribution in [3.8, 4) is 5.75 Å². The van der Waals surface area contributed by atoms with Gasteiger partial charge in [0.1, 0.15) is 6.26 Å². The second kappa shape index (κ2) is 7.10. The first-order valence-corrected chi connectivity index (χ1v) is 8.63. The van der Waals surface area contributed by atoms with E-state index in [9.17, 15) is 14.4 Å². The SMILES string of the molecule is COc1coc(C(=O)N2CCN(C(=O)c3ccc(C)s3)CC2)cc1=O. The predicted molar refractivity (Wildman–Crippen MR) is 92.4 cm³/mol. The Bertz CT molecular complexity index is 849. The van der Waals surface area contributed by atoms with Crippen molar-refractivity contribution >= 4 is 23.2 Å². The Morgan fingerprint density at radius 3 is 2.28 bits per heavy atom. The Kier molecular flexibility index (Phi) is 4.89. The first-order valence-electron chi connectivity index (χ1n) is 7.81. The summed E-state index contributed by atoms with van der Waals surface area (Å²) in [5, 5.41) is 0. The van der Waals surface area contributed by atoms with E-state index in [0.29, 0.717) is 31.1 Å². The quantitative estimate of drug-likeness (QED) is 0.829. The minimum absolute atomic E-state index is 0.0128. The van der Waals surface area contributed by atoms with Gasteiger partial charge in [0.15, 0.2) is 5.76 Å². The molecule has 2 aromatic rings. The van der Waals surface area contributed by atoms with Crippen LogP contribution in [0.1, 0.15) is 25.1 Å². The molecule has 3 rings (SSSR count). The maximum Gasteiger partial charge on any atom is 0.289 e. The molecule has 1 fully saturated rings. The number of thiophene rings is 1. The number of nitrogens with zero attached hydrogens (tertiary/aromatic N) is 2. The van der Waals surface area contributed by atoms with Crippen molar-refractivity contribution < 1.29 is 18.7 Å². The van der Waals surface area contributed by atoms with Crippen LogP contribution < -0.4 is 10.2 Å². The summed E-state index contributed by atoms with van der Waals surface area (Å²) in [4.78, 5) is 41.7. The van der Waals surface area contributed by atoms with Crippen LogP contribution in [0.5, 0.6) is 5.75 Å². The van der Waals surface area contributed by atoms with Gasteiger partial charge in [0, 0.05) is 37.1 Å². The molecule has 0 atom stereocenters. The van der Waals surface area contributed by atoms with Gasteiger partial charge in [0.2, 0.25) is 11.2 Å². The number of methoxy groups -OCH3 is 1. The highest BCUT2D eigenvalue weighted by atomic mass is 32.1. The number of piperazine rings is 1. The van der Waals surface area contributed by atoms with Gasteiger partial charge >= 0.3 is 0 Å². The zero-order chi connectivity index (χ0) is 18.0. The Morgan fingerprint density at radius 2 is 1.76 bits per heavy atom. The van der Waals surface area contributed by atoms with Gasteiger partial charge in [-0.1, -0.05) is 0 Å². The number of ether oxygens (including phenoxy) is 1. The molecule has 132 valence electrons. The molecule has 25 heavy (non-hydrogen) atoms. The molecule has 0 unspecified atom stereocenters. The average Bonchev–Trinajstić information content (AvgIpc) is 3.07. The molecule has 0 aromatic carbocycles. The van der Waals surface area contributed by atoms with Crippen LogP contribution in [0.25, 0.3) is 0 Å². The number of hydrogen-bond donors (Lipinski definition) is 0. The topological polar surface area (TPSA) is 80.1 Å². The van der Waals surface area contributed by atoms with Gasteiger partial charge in [0.25, 0.3) is 11.8 Å². The zero-order valence-electron chi connectivity index (χ0n) is 14.0. The lowest BCUT2D eigenvalue weighted by atomic mass is 10.2. The van der Waals surface area contributed by atoms with Crippen molar-refractivity contribution in [1.29, 1.82) is 0 Å². The number of amides is 2. The summed E-state index contributed by atoms with van der Waals surface area (Å²) in [6.07, 6.45) is 1.13. The molecular formula is C17H18N2O5S. The third-order valence-electron chi connectivity index (χ3n) is 4.03. The normalized spacial score (nSPS) is 14.5. The summed E-state index contributed by atoms with van der Waals surface area (Å²) >= 11 is 1.47. The molecule has 2 aromatic heterocycles. The summed E-state index contributed by atoms with van der Waals surface area (Å²) in [7, 11) is 1.36. The molecule has 1 aliphatic heterocycles. The van der Waals surface area contributed by atoms with E-state index in [1.807, 2.05) is 19.1 Å². The fourth-order valence-corrected chi connectivity index (χ4v) is 3.47. The molecule has 0 N–H and O–H groups in total. The Hall–Kier alpha value is -2.61. The summed E-state index contributed by atoms with van der Waals surface area (Å²) in [6.45, 7) is 3.64. The standard InChI is InChI=1S/C17H18N2O5S/c1-11-3-4-15(25-11)17(22)19-7-5-18(6-8-19)16(21)13-9-12(20)14(23-2)10-24-13/h3-4,9-10H,5-8H2,1-2H3. The van der Waals surface area contributed by atoms with Crippen LogP contribution in [0.15, 0.2) is 33.7 Å². The fourth-order valence-electron chi connectivity index (χ4n) is 2.63. The van der Waals surface area contributed by atoms with Gasteiger partial charge in [-0.25, -0.2) is 0 Å². The molecule has 0 spiro atoms. The molecule has 3 heterocycles. The van der Waals surface area contributed by atoms with Crippen LogP contribution in [0, 0.1) is 6.92 Å². The lowest BCUT2D eigenvalue weighted by Crippen LogP contribution is -2.50. The van der Waals surface area contributed by atoms with Crippen LogP contribution in [0.2, 0.25) is 0 Å². The largest absolute Gasteiger partial charge is 0.490 e. The van der Waals surface area contributed by atoms with Crippen LogP contribution in [0.3, 0.4) is 0 Å². The fraction of sp³-hybridized carbons (Fsp3) is 0.353. The number of carbonyl (C=O) groups is 2. The molecule has 0 radical (unpaired) electrons. The lowest BCUT2D eigenvalue weighted by Gasteiger charge is -2.34. The molecule has 8 heteroatoms. The van der Waals surface area contributed by atoms with Gasteiger partial charge in [0.05, 0.1) is 12.0 Å². The smallest absolute Gasteiger partial charge is 0.289 e. The van der Waals surface area contributed by atoms with E-state index < -0.39 is 5.43 Å². The van der Waals surface area contributed by atoms with E-state index in [2.05, 4.69) is 0 Å². The van der Waals surface area contributed by atoms with Gasteiger partial charge in [-0.3, -0.25) is 14.4 Å². The highest BCUT2D eigenvalue weighted by Gasteiger charge is 2.27. The highest BCUT2D eigenvalue weighted by Crippen LogP contribution is 2.18. The third-order valence-corrected chi connectivity index (χ3v) is 5.02. The van der Waals surface area contributed by atoms with E-state index >= 15 is 0 Å². The number of carbonyl (C=O) groups excluding carboxylic acids is 2. The summed E-state index contributed by atoms with van der Waals surface area (Å²) in [6, 6.07) is 4.88. The van der Waals surface area contributed by atoms with Crippen LogP contribution >= 0.6 is 11.3 Å². The monoisotopic (exact) mass is 362 g/mol. The summed E-state index contributed by atoms with van der Waals surface area (Å²) < 4.78 is 10.0. The molecule has 0 aliphatic carbocycles. The average molecular weight is 362 g/mol. The Labute approximate surface area is 148 Å². The number of rotatable bonds is 3. The second-order valence-corrected chi connectivity index (χ2v) is 6.96. The van der Waals surface area contributed by atoms with Crippen LogP contribution in [-0.4, -0.2) is 54.9 Å². The molecule has 1 saturated heterocycles. The molecule has 7 nitrogen and oxygen atoms in total. The van der Waals surface area contributed by atoms with Crippen molar-refractivity contribution in [3.63, 3.8) is 0 Å². The van der Waals surface area contributed by atoms with Gasteiger partial charge in [-0.2, -0.15) is 0 Å². The molecule has 0 saturated carbocycles. The summed E-state index contributed by atoms with van der Waals surface area (Å²) in [5.74, 6) is -0.349. The first kappa shape index (κ1) is 17.2. The van der Waals surface area contributed by atoms with Crippen LogP contribution in [-0.2, 0) is 0 Å². The molecular weight excluding hydrogens is 344 g/mol. The highest BCUT2D eigenvalue weighted by molar-refractivity contribution is 7.13. The van der Waals surface area contributed by atoms with Crippen molar-refractivity contribution in [2.75, 3.05) is 33.3 Å². The Morgan fingerprint density at radius 1 is 1.12 bits per heavy atom. The van der Waals surface area contributed by atoms with Crippen LogP contribution in [0.4, 0.5) is 0 Å². The molecule has 1 aliphatic rings. The van der Waals surface area contributed by atoms with Gasteiger partial charge < -0.3 is 19.0 Å². The third kappa shape index (κ3) is 3.58. The first-order chi connectivity index (χ1) is 12.0. The predicted octanol–water partition coefficient (Wildman–Crippen LogP) is 1.62. The lowest BCUT2D eigenvalue weighted by molar-refractivity contribution is 0.0518. The minimum Gasteiger partial charge on any atom is -0.490 e. The van der Waals surface area contributed by atoms with E-state index in [1.165, 1.54) is 18.4 Å². The van der Waals surface area contributed by atoms with E-state index in [1.54, 1.807) is 9.80 Å². The van der Waals surface area contributed by atoms with Crippen molar-refractivity contribution in [3.05, 3.63) is 50.2 Å². The van der Waals surface area contributed by atoms with Gasteiger partial charge in [-0.05, 0) is 19.1 Å². The molecule has 0 bridgehead atoms. The van der Waals surface area contributed by atoms with Crippen molar-refractivity contribution in [2.24, 2.45) is 0 Å². The minimum atomic E-state index is -0.404. The van der Waals surface area contributed by atoms with E-state index in [4.69, 9.17) is 9.15 Å². The number of aryl methyl sites for hydroxylation is 1. The van der Waals surface area contributed by atoms with Gasteiger partial charge in [-0.15, -0.1) is 11.3 Å². The van der Waals surface area contributed by atoms with Crippen molar-refractivity contribution in [1.82, 2.24) is 9.80 Å². The van der Waals surface area contributed by atoms with E-state index in [-0.39, 0.29) is 23.3 Å². The maximum absolute atomic E-state index is 12.5. The van der Waals surface area contributed by atoms with E-state index in [0.717, 1.165) is 17.2 Å². The molecule has 2 amide bonds. The van der Waals surface area contributed by atoms with Crippen molar-refractivity contribution in [2.45, 2.75) is 6.92 Å². The summed E-state index contributed by atoms with van der Waals surface area (Å²) in [5.41, 5.74) is -0.404. The zero-order valence-corrected chi connectivity index (χ0v) is 14.8.